The van der Waals surface area contributed by atoms with E-state index in [4.69, 9.17) is 5.11 Å². The largest absolute Gasteiger partial charge is 0.507 e. The summed E-state index contributed by atoms with van der Waals surface area (Å²) in [7, 11) is 0. The summed E-state index contributed by atoms with van der Waals surface area (Å²) < 4.78 is 24.9. The number of aliphatic carboxylic acids is 1. The van der Waals surface area contributed by atoms with E-state index in [2.05, 4.69) is 5.32 Å². The van der Waals surface area contributed by atoms with Crippen molar-refractivity contribution >= 4 is 11.9 Å². The number of hydrogen-bond acceptors (Lipinski definition) is 3. The number of alkyl halides is 2. The maximum absolute atomic E-state index is 12.5. The van der Waals surface area contributed by atoms with Crippen LogP contribution in [0.3, 0.4) is 0 Å². The van der Waals surface area contributed by atoms with Crippen LogP contribution in [-0.2, 0) is 17.8 Å². The summed E-state index contributed by atoms with van der Waals surface area (Å²) in [5.41, 5.74) is 0.604. The lowest BCUT2D eigenvalue weighted by molar-refractivity contribution is -0.136. The number of rotatable bonds is 6. The Hall–Kier alpha value is -2.96. The third-order valence-electron chi connectivity index (χ3n) is 3.39. The molecule has 3 N–H and O–H groups in total. The fraction of sp³-hybridized carbons (Fsp3) is 0.176. The zero-order chi connectivity index (χ0) is 17.7. The summed E-state index contributed by atoms with van der Waals surface area (Å²) in [6.45, 7) is 0.0882. The highest BCUT2D eigenvalue weighted by atomic mass is 19.3. The Labute approximate surface area is 136 Å². The summed E-state index contributed by atoms with van der Waals surface area (Å²) in [6.07, 6.45) is -2.95. The summed E-state index contributed by atoms with van der Waals surface area (Å²) >= 11 is 0. The molecule has 0 heterocycles. The highest BCUT2D eigenvalue weighted by molar-refractivity contribution is 5.97. The fourth-order valence-electron chi connectivity index (χ4n) is 2.14. The molecule has 7 heteroatoms. The number of carboxylic acid groups (broad SMARTS) is 1. The van der Waals surface area contributed by atoms with Gasteiger partial charge in [0, 0.05) is 17.7 Å². The highest BCUT2D eigenvalue weighted by Gasteiger charge is 2.15. The van der Waals surface area contributed by atoms with Gasteiger partial charge in [0.05, 0.1) is 12.0 Å². The van der Waals surface area contributed by atoms with Gasteiger partial charge in [0.25, 0.3) is 12.3 Å². The zero-order valence-corrected chi connectivity index (χ0v) is 12.5. The molecular formula is C17H15F2NO4. The van der Waals surface area contributed by atoms with E-state index in [9.17, 15) is 23.5 Å². The molecule has 0 unspecified atom stereocenters. The zero-order valence-electron chi connectivity index (χ0n) is 12.5. The number of aromatic hydroxyl groups is 1. The standard InChI is InChI=1S/C17H15F2NO4/c18-16(19)11-6-4-10(5-7-11)9-20-17(24)13-3-1-2-12(15(13)23)8-14(21)22/h1-7,16,23H,8-9H2,(H,20,24)(H,21,22). The van der Waals surface area contributed by atoms with E-state index >= 15 is 0 Å². The second-order valence-corrected chi connectivity index (χ2v) is 5.11. The molecule has 0 aromatic heterocycles. The van der Waals surface area contributed by atoms with Crippen molar-refractivity contribution in [3.8, 4) is 5.75 Å². The number of nitrogens with one attached hydrogen (secondary N) is 1. The van der Waals surface area contributed by atoms with E-state index in [1.807, 2.05) is 0 Å². The Balaban J connectivity index is 2.06. The third kappa shape index (κ3) is 4.28. The van der Waals surface area contributed by atoms with Crippen LogP contribution in [-0.4, -0.2) is 22.1 Å². The van der Waals surface area contributed by atoms with Crippen LogP contribution >= 0.6 is 0 Å². The minimum Gasteiger partial charge on any atom is -0.507 e. The molecule has 0 aliphatic rings. The molecule has 2 aromatic carbocycles. The quantitative estimate of drug-likeness (QED) is 0.757. The molecule has 0 saturated carbocycles. The second kappa shape index (κ2) is 7.54. The van der Waals surface area contributed by atoms with Gasteiger partial charge in [0.15, 0.2) is 0 Å². The highest BCUT2D eigenvalue weighted by Crippen LogP contribution is 2.23. The number of para-hydroxylation sites is 1. The van der Waals surface area contributed by atoms with Crippen molar-refractivity contribution in [3.05, 3.63) is 64.7 Å². The summed E-state index contributed by atoms with van der Waals surface area (Å²) in [6, 6.07) is 9.77. The molecule has 0 aliphatic carbocycles. The molecule has 0 radical (unpaired) electrons. The minimum absolute atomic E-state index is 0.0436. The number of carbonyl (C=O) groups is 2. The molecule has 0 saturated heterocycles. The lowest BCUT2D eigenvalue weighted by atomic mass is 10.1. The Morgan fingerprint density at radius 3 is 2.33 bits per heavy atom. The smallest absolute Gasteiger partial charge is 0.307 e. The first-order valence-corrected chi connectivity index (χ1v) is 7.06. The number of benzene rings is 2. The molecule has 126 valence electrons. The van der Waals surface area contributed by atoms with Gasteiger partial charge in [-0.15, -0.1) is 0 Å². The number of carboxylic acids is 1. The molecule has 24 heavy (non-hydrogen) atoms. The molecule has 2 rings (SSSR count). The first kappa shape index (κ1) is 17.4. The van der Waals surface area contributed by atoms with Crippen molar-refractivity contribution in [2.45, 2.75) is 19.4 Å². The van der Waals surface area contributed by atoms with E-state index in [1.165, 1.54) is 42.5 Å². The molecule has 0 bridgehead atoms. The topological polar surface area (TPSA) is 86.6 Å². The summed E-state index contributed by atoms with van der Waals surface area (Å²) in [4.78, 5) is 22.8. The average molecular weight is 335 g/mol. The van der Waals surface area contributed by atoms with Gasteiger partial charge < -0.3 is 15.5 Å². The number of carbonyl (C=O) groups excluding carboxylic acids is 1. The van der Waals surface area contributed by atoms with Crippen LogP contribution in [0.4, 0.5) is 8.78 Å². The number of halogens is 2. The maximum Gasteiger partial charge on any atom is 0.307 e. The lowest BCUT2D eigenvalue weighted by Gasteiger charge is -2.10. The van der Waals surface area contributed by atoms with Gasteiger partial charge in [-0.3, -0.25) is 9.59 Å². The number of hydrogen-bond donors (Lipinski definition) is 3. The van der Waals surface area contributed by atoms with E-state index in [-0.39, 0.29) is 29.0 Å². The van der Waals surface area contributed by atoms with Gasteiger partial charge in [-0.25, -0.2) is 8.78 Å². The predicted molar refractivity (Wildman–Crippen MR) is 82.0 cm³/mol. The predicted octanol–water partition coefficient (Wildman–Crippen LogP) is 2.89. The minimum atomic E-state index is -2.55. The Bertz CT molecular complexity index is 745. The number of amides is 1. The Kier molecular flexibility index (Phi) is 5.47. The molecule has 0 atom stereocenters. The van der Waals surface area contributed by atoms with Crippen molar-refractivity contribution in [2.75, 3.05) is 0 Å². The van der Waals surface area contributed by atoms with Crippen LogP contribution in [0.2, 0.25) is 0 Å². The van der Waals surface area contributed by atoms with E-state index in [1.54, 1.807) is 0 Å². The van der Waals surface area contributed by atoms with Crippen LogP contribution in [0.1, 0.15) is 33.5 Å². The van der Waals surface area contributed by atoms with Crippen LogP contribution in [0.25, 0.3) is 0 Å². The van der Waals surface area contributed by atoms with Crippen molar-refractivity contribution in [1.82, 2.24) is 5.32 Å². The van der Waals surface area contributed by atoms with Gasteiger partial charge in [-0.05, 0) is 11.6 Å². The van der Waals surface area contributed by atoms with Gasteiger partial charge in [0.2, 0.25) is 0 Å². The third-order valence-corrected chi connectivity index (χ3v) is 3.39. The monoisotopic (exact) mass is 335 g/mol. The molecule has 5 nitrogen and oxygen atoms in total. The second-order valence-electron chi connectivity index (χ2n) is 5.11. The van der Waals surface area contributed by atoms with Crippen molar-refractivity contribution in [2.24, 2.45) is 0 Å². The molecule has 0 fully saturated rings. The molecule has 0 aliphatic heterocycles. The SMILES string of the molecule is O=C(O)Cc1cccc(C(=O)NCc2ccc(C(F)F)cc2)c1O. The number of phenolic OH excluding ortho intramolecular Hbond substituents is 1. The van der Waals surface area contributed by atoms with Gasteiger partial charge >= 0.3 is 5.97 Å². The van der Waals surface area contributed by atoms with E-state index in [0.717, 1.165) is 0 Å². The van der Waals surface area contributed by atoms with E-state index < -0.39 is 24.7 Å². The van der Waals surface area contributed by atoms with Gasteiger partial charge in [-0.2, -0.15) is 0 Å². The molecule has 2 aromatic rings. The Morgan fingerprint density at radius 2 is 1.75 bits per heavy atom. The Morgan fingerprint density at radius 1 is 1.08 bits per heavy atom. The summed E-state index contributed by atoms with van der Waals surface area (Å²) in [5, 5.41) is 21.3. The normalized spacial score (nSPS) is 10.6. The summed E-state index contributed by atoms with van der Waals surface area (Å²) in [5.74, 6) is -2.09. The van der Waals surface area contributed by atoms with Crippen LogP contribution < -0.4 is 5.32 Å². The van der Waals surface area contributed by atoms with Crippen molar-refractivity contribution in [3.63, 3.8) is 0 Å². The molecule has 1 amide bonds. The molecule has 0 spiro atoms. The fourth-order valence-corrected chi connectivity index (χ4v) is 2.14. The van der Waals surface area contributed by atoms with Crippen LogP contribution in [0, 0.1) is 0 Å². The molecular weight excluding hydrogens is 320 g/mol. The maximum atomic E-state index is 12.5. The van der Waals surface area contributed by atoms with Gasteiger partial charge in [0.1, 0.15) is 5.75 Å². The first-order valence-electron chi connectivity index (χ1n) is 7.06. The van der Waals surface area contributed by atoms with Crippen molar-refractivity contribution in [1.29, 1.82) is 0 Å². The van der Waals surface area contributed by atoms with Gasteiger partial charge in [-0.1, -0.05) is 36.4 Å². The van der Waals surface area contributed by atoms with Crippen LogP contribution in [0.5, 0.6) is 5.75 Å². The van der Waals surface area contributed by atoms with Crippen molar-refractivity contribution < 1.29 is 28.6 Å². The van der Waals surface area contributed by atoms with E-state index in [0.29, 0.717) is 5.56 Å². The first-order chi connectivity index (χ1) is 11.4. The average Bonchev–Trinajstić information content (AvgIpc) is 2.54. The van der Waals surface area contributed by atoms with Crippen LogP contribution in [0.15, 0.2) is 42.5 Å². The number of phenols is 1. The lowest BCUT2D eigenvalue weighted by Crippen LogP contribution is -2.23.